The summed E-state index contributed by atoms with van der Waals surface area (Å²) in [5.41, 5.74) is 2.20. The van der Waals surface area contributed by atoms with Crippen molar-refractivity contribution in [2.45, 2.75) is 13.1 Å². The Morgan fingerprint density at radius 2 is 1.35 bits per heavy atom. The molecule has 0 heterocycles. The molecule has 0 aromatic heterocycles. The maximum absolute atomic E-state index is 9.10. The van der Waals surface area contributed by atoms with Gasteiger partial charge in [-0.15, -0.1) is 0 Å². The molecule has 0 aliphatic heterocycles. The van der Waals surface area contributed by atoms with E-state index in [1.165, 1.54) is 5.56 Å². The second-order valence-electron chi connectivity index (χ2n) is 4.40. The van der Waals surface area contributed by atoms with Crippen molar-refractivity contribution in [2.24, 2.45) is 0 Å². The highest BCUT2D eigenvalue weighted by atomic mass is 35.5. The fraction of sp³-hybridized carbons (Fsp3) is 0.125. The second kappa shape index (κ2) is 9.84. The molecule has 2 rings (SSSR count). The molecule has 0 unspecified atom stereocenters. The zero-order chi connectivity index (χ0) is 17.2. The molecule has 0 fully saturated rings. The third-order valence-corrected chi connectivity index (χ3v) is 3.43. The van der Waals surface area contributed by atoms with Gasteiger partial charge in [0.2, 0.25) is 0 Å². The average molecular weight is 356 g/mol. The fourth-order valence-corrected chi connectivity index (χ4v) is 2.16. The van der Waals surface area contributed by atoms with Gasteiger partial charge in [0.25, 0.3) is 0 Å². The first-order valence-electron chi connectivity index (χ1n) is 6.55. The minimum absolute atomic E-state index is 0.674. The number of halogens is 2. The van der Waals surface area contributed by atoms with Gasteiger partial charge in [0.05, 0.1) is 0 Å². The van der Waals surface area contributed by atoms with Gasteiger partial charge in [0, 0.05) is 28.7 Å². The van der Waals surface area contributed by atoms with E-state index < -0.39 is 11.9 Å². The fourth-order valence-electron chi connectivity index (χ4n) is 1.63. The molecule has 0 aliphatic carbocycles. The van der Waals surface area contributed by atoms with Gasteiger partial charge in [0.15, 0.2) is 0 Å². The van der Waals surface area contributed by atoms with E-state index in [-0.39, 0.29) is 0 Å². The monoisotopic (exact) mass is 355 g/mol. The Hall–Kier alpha value is -2.08. The molecule has 0 saturated heterocycles. The number of benzene rings is 2. The van der Waals surface area contributed by atoms with E-state index in [0.29, 0.717) is 16.6 Å². The molecule has 0 radical (unpaired) electrons. The molecule has 122 valence electrons. The first kappa shape index (κ1) is 19.0. The van der Waals surface area contributed by atoms with Crippen molar-refractivity contribution in [1.82, 2.24) is 5.32 Å². The van der Waals surface area contributed by atoms with Crippen LogP contribution in [0.2, 0.25) is 10.0 Å². The van der Waals surface area contributed by atoms with Gasteiger partial charge in [-0.2, -0.15) is 0 Å². The number of carboxylic acid groups (broad SMARTS) is 2. The maximum Gasteiger partial charge on any atom is 0.414 e. The smallest absolute Gasteiger partial charge is 0.414 e. The molecule has 2 aromatic carbocycles. The summed E-state index contributed by atoms with van der Waals surface area (Å²) in [7, 11) is 0. The SMILES string of the molecule is Clc1cccc(Cl)c1CNCc1ccccc1.O=C(O)C(=O)O. The molecular weight excluding hydrogens is 341 g/mol. The number of aliphatic carboxylic acids is 2. The van der Waals surface area contributed by atoms with Crippen LogP contribution in [0.5, 0.6) is 0 Å². The number of rotatable bonds is 4. The van der Waals surface area contributed by atoms with E-state index in [0.717, 1.165) is 12.1 Å². The lowest BCUT2D eigenvalue weighted by molar-refractivity contribution is -0.159. The Morgan fingerprint density at radius 3 is 1.83 bits per heavy atom. The van der Waals surface area contributed by atoms with E-state index in [1.807, 2.05) is 36.4 Å². The Labute approximate surface area is 143 Å². The number of hydrogen-bond donors (Lipinski definition) is 3. The van der Waals surface area contributed by atoms with Gasteiger partial charge >= 0.3 is 11.9 Å². The molecule has 0 spiro atoms. The molecule has 0 amide bonds. The van der Waals surface area contributed by atoms with Crippen LogP contribution in [0.1, 0.15) is 11.1 Å². The Kier molecular flexibility index (Phi) is 8.11. The van der Waals surface area contributed by atoms with Crippen LogP contribution in [0.4, 0.5) is 0 Å². The minimum atomic E-state index is -1.82. The average Bonchev–Trinajstić information content (AvgIpc) is 2.52. The number of carbonyl (C=O) groups is 2. The Bertz CT molecular complexity index is 630. The summed E-state index contributed by atoms with van der Waals surface area (Å²) >= 11 is 12.2. The summed E-state index contributed by atoms with van der Waals surface area (Å²) in [5, 5.41) is 19.5. The number of hydrogen-bond acceptors (Lipinski definition) is 3. The summed E-state index contributed by atoms with van der Waals surface area (Å²) in [6, 6.07) is 15.8. The van der Waals surface area contributed by atoms with Crippen molar-refractivity contribution in [1.29, 1.82) is 0 Å². The van der Waals surface area contributed by atoms with E-state index >= 15 is 0 Å². The third-order valence-electron chi connectivity index (χ3n) is 2.72. The van der Waals surface area contributed by atoms with Crippen molar-refractivity contribution in [2.75, 3.05) is 0 Å². The first-order chi connectivity index (χ1) is 10.9. The van der Waals surface area contributed by atoms with Crippen molar-refractivity contribution in [3.63, 3.8) is 0 Å². The highest BCUT2D eigenvalue weighted by Crippen LogP contribution is 2.23. The molecule has 0 aliphatic rings. The zero-order valence-electron chi connectivity index (χ0n) is 12.0. The van der Waals surface area contributed by atoms with Crippen LogP contribution in [0.25, 0.3) is 0 Å². The summed E-state index contributed by atoms with van der Waals surface area (Å²) < 4.78 is 0. The van der Waals surface area contributed by atoms with Crippen LogP contribution >= 0.6 is 23.2 Å². The summed E-state index contributed by atoms with van der Waals surface area (Å²) in [6.07, 6.45) is 0. The first-order valence-corrected chi connectivity index (χ1v) is 7.31. The Morgan fingerprint density at radius 1 is 0.826 bits per heavy atom. The third kappa shape index (κ3) is 7.15. The van der Waals surface area contributed by atoms with Crippen molar-refractivity contribution < 1.29 is 19.8 Å². The van der Waals surface area contributed by atoms with Crippen LogP contribution < -0.4 is 5.32 Å². The lowest BCUT2D eigenvalue weighted by atomic mass is 10.2. The minimum Gasteiger partial charge on any atom is -0.473 e. The summed E-state index contributed by atoms with van der Waals surface area (Å²) in [4.78, 5) is 18.2. The van der Waals surface area contributed by atoms with Crippen LogP contribution in [0, 0.1) is 0 Å². The highest BCUT2D eigenvalue weighted by Gasteiger charge is 2.04. The van der Waals surface area contributed by atoms with Crippen LogP contribution in [-0.4, -0.2) is 22.2 Å². The molecule has 3 N–H and O–H groups in total. The van der Waals surface area contributed by atoms with E-state index in [2.05, 4.69) is 17.4 Å². The van der Waals surface area contributed by atoms with E-state index in [9.17, 15) is 0 Å². The van der Waals surface area contributed by atoms with E-state index in [1.54, 1.807) is 0 Å². The summed E-state index contributed by atoms with van der Waals surface area (Å²) in [5.74, 6) is -3.65. The highest BCUT2D eigenvalue weighted by molar-refractivity contribution is 6.35. The molecule has 0 saturated carbocycles. The van der Waals surface area contributed by atoms with Gasteiger partial charge in [0.1, 0.15) is 0 Å². The van der Waals surface area contributed by atoms with Crippen molar-refractivity contribution in [3.05, 3.63) is 69.7 Å². The van der Waals surface area contributed by atoms with Gasteiger partial charge in [-0.05, 0) is 17.7 Å². The predicted molar refractivity (Wildman–Crippen MR) is 88.7 cm³/mol. The predicted octanol–water partition coefficient (Wildman–Crippen LogP) is 3.44. The zero-order valence-corrected chi connectivity index (χ0v) is 13.5. The van der Waals surface area contributed by atoms with Crippen molar-refractivity contribution >= 4 is 35.1 Å². The van der Waals surface area contributed by atoms with Gasteiger partial charge < -0.3 is 15.5 Å². The quantitative estimate of drug-likeness (QED) is 0.731. The maximum atomic E-state index is 9.10. The van der Waals surface area contributed by atoms with Crippen LogP contribution in [0.3, 0.4) is 0 Å². The standard InChI is InChI=1S/C14H13Cl2N.C2H2O4/c15-13-7-4-8-14(16)12(13)10-17-9-11-5-2-1-3-6-11;3-1(4)2(5)6/h1-8,17H,9-10H2;(H,3,4)(H,5,6). The van der Waals surface area contributed by atoms with Gasteiger partial charge in [-0.25, -0.2) is 9.59 Å². The molecule has 7 heteroatoms. The van der Waals surface area contributed by atoms with E-state index in [4.69, 9.17) is 43.0 Å². The molecule has 2 aromatic rings. The Balaban J connectivity index is 0.000000379. The topological polar surface area (TPSA) is 86.6 Å². The lowest BCUT2D eigenvalue weighted by Gasteiger charge is -2.08. The number of carboxylic acids is 2. The summed E-state index contributed by atoms with van der Waals surface area (Å²) in [6.45, 7) is 1.48. The van der Waals surface area contributed by atoms with Crippen molar-refractivity contribution in [3.8, 4) is 0 Å². The van der Waals surface area contributed by atoms with Gasteiger partial charge in [-0.3, -0.25) is 0 Å². The molecule has 0 bridgehead atoms. The van der Waals surface area contributed by atoms with Gasteiger partial charge in [-0.1, -0.05) is 59.6 Å². The molecule has 5 nitrogen and oxygen atoms in total. The number of nitrogens with one attached hydrogen (secondary N) is 1. The molecule has 23 heavy (non-hydrogen) atoms. The second-order valence-corrected chi connectivity index (χ2v) is 5.21. The lowest BCUT2D eigenvalue weighted by Crippen LogP contribution is -2.13. The molecular formula is C16H15Cl2NO4. The van der Waals surface area contributed by atoms with Crippen LogP contribution in [0.15, 0.2) is 48.5 Å². The molecule has 0 atom stereocenters. The normalized spacial score (nSPS) is 9.65. The van der Waals surface area contributed by atoms with Crippen LogP contribution in [-0.2, 0) is 22.7 Å². The largest absolute Gasteiger partial charge is 0.473 e.